The van der Waals surface area contributed by atoms with E-state index in [4.69, 9.17) is 37.4 Å². The van der Waals surface area contributed by atoms with Crippen molar-refractivity contribution >= 4 is 50.7 Å². The number of anilines is 1. The lowest BCUT2D eigenvalue weighted by Gasteiger charge is -2.32. The van der Waals surface area contributed by atoms with Gasteiger partial charge >= 0.3 is 0 Å². The standard InChI is InChI=1S/C19H16BrCl2NO4/c20-12-2-4-16-14(10-12)19(26-7-1-8-27-19)18(24)23(16)6-9-25-17-5-3-13(21)11-15(17)22/h2-5,10-11H,1,6-9H2. The second-order valence-electron chi connectivity index (χ2n) is 6.21. The fraction of sp³-hybridized carbons (Fsp3) is 0.316. The largest absolute Gasteiger partial charge is 0.490 e. The number of ether oxygens (including phenoxy) is 3. The van der Waals surface area contributed by atoms with Gasteiger partial charge in [0.25, 0.3) is 11.7 Å². The third kappa shape index (κ3) is 3.45. The van der Waals surface area contributed by atoms with E-state index in [1.54, 1.807) is 23.1 Å². The first kappa shape index (κ1) is 19.0. The topological polar surface area (TPSA) is 48.0 Å². The molecule has 142 valence electrons. The smallest absolute Gasteiger partial charge is 0.292 e. The van der Waals surface area contributed by atoms with Crippen molar-refractivity contribution in [3.63, 3.8) is 0 Å². The molecule has 1 amide bonds. The lowest BCUT2D eigenvalue weighted by atomic mass is 10.1. The fourth-order valence-electron chi connectivity index (χ4n) is 3.28. The molecule has 0 unspecified atom stereocenters. The van der Waals surface area contributed by atoms with Crippen LogP contribution in [0.1, 0.15) is 12.0 Å². The molecule has 1 saturated heterocycles. The van der Waals surface area contributed by atoms with Crippen LogP contribution in [-0.2, 0) is 20.1 Å². The van der Waals surface area contributed by atoms with Crippen molar-refractivity contribution in [2.24, 2.45) is 0 Å². The number of carbonyl (C=O) groups excluding carboxylic acids is 1. The first-order valence-electron chi connectivity index (χ1n) is 8.49. The maximum absolute atomic E-state index is 13.2. The van der Waals surface area contributed by atoms with Crippen molar-refractivity contribution in [2.45, 2.75) is 12.2 Å². The summed E-state index contributed by atoms with van der Waals surface area (Å²) in [6.07, 6.45) is 0.760. The number of amides is 1. The highest BCUT2D eigenvalue weighted by atomic mass is 79.9. The minimum absolute atomic E-state index is 0.235. The Morgan fingerprint density at radius 2 is 1.93 bits per heavy atom. The van der Waals surface area contributed by atoms with Gasteiger partial charge in [0.15, 0.2) is 0 Å². The molecule has 2 heterocycles. The highest BCUT2D eigenvalue weighted by Crippen LogP contribution is 2.46. The Morgan fingerprint density at radius 1 is 1.15 bits per heavy atom. The van der Waals surface area contributed by atoms with Crippen molar-refractivity contribution in [3.05, 3.63) is 56.5 Å². The number of halogens is 3. The molecule has 2 aromatic carbocycles. The van der Waals surface area contributed by atoms with Crippen LogP contribution in [0.4, 0.5) is 5.69 Å². The van der Waals surface area contributed by atoms with E-state index in [1.165, 1.54) is 0 Å². The van der Waals surface area contributed by atoms with Crippen LogP contribution in [-0.4, -0.2) is 32.3 Å². The average molecular weight is 473 g/mol. The van der Waals surface area contributed by atoms with E-state index in [1.807, 2.05) is 18.2 Å². The molecule has 1 fully saturated rings. The Bertz CT molecular complexity index is 886. The van der Waals surface area contributed by atoms with Gasteiger partial charge in [-0.1, -0.05) is 39.1 Å². The summed E-state index contributed by atoms with van der Waals surface area (Å²) >= 11 is 15.5. The number of benzene rings is 2. The zero-order valence-corrected chi connectivity index (χ0v) is 17.3. The van der Waals surface area contributed by atoms with Gasteiger partial charge in [-0.05, 0) is 42.8 Å². The maximum Gasteiger partial charge on any atom is 0.292 e. The van der Waals surface area contributed by atoms with Crippen LogP contribution < -0.4 is 9.64 Å². The summed E-state index contributed by atoms with van der Waals surface area (Å²) in [6.45, 7) is 1.55. The van der Waals surface area contributed by atoms with Crippen LogP contribution in [0.15, 0.2) is 40.9 Å². The summed E-state index contributed by atoms with van der Waals surface area (Å²) in [5.74, 6) is -1.08. The molecule has 0 radical (unpaired) electrons. The van der Waals surface area contributed by atoms with Gasteiger partial charge in [-0.3, -0.25) is 4.79 Å². The van der Waals surface area contributed by atoms with Crippen LogP contribution in [0.5, 0.6) is 5.75 Å². The number of fused-ring (bicyclic) bond motifs is 2. The highest BCUT2D eigenvalue weighted by molar-refractivity contribution is 9.10. The van der Waals surface area contributed by atoms with Gasteiger partial charge in [0.1, 0.15) is 12.4 Å². The molecular formula is C19H16BrCl2NO4. The Hall–Kier alpha value is -1.31. The average Bonchev–Trinajstić information content (AvgIpc) is 2.86. The minimum Gasteiger partial charge on any atom is -0.490 e. The molecule has 1 spiro atoms. The molecular weight excluding hydrogens is 457 g/mol. The van der Waals surface area contributed by atoms with E-state index >= 15 is 0 Å². The van der Waals surface area contributed by atoms with E-state index in [0.717, 1.165) is 16.6 Å². The third-order valence-corrected chi connectivity index (χ3v) is 5.52. The molecule has 2 aliphatic heterocycles. The van der Waals surface area contributed by atoms with Gasteiger partial charge in [0.05, 0.1) is 30.5 Å². The van der Waals surface area contributed by atoms with Gasteiger partial charge in [-0.25, -0.2) is 0 Å². The molecule has 0 saturated carbocycles. The van der Waals surface area contributed by atoms with E-state index in [0.29, 0.717) is 41.1 Å². The highest BCUT2D eigenvalue weighted by Gasteiger charge is 2.54. The summed E-state index contributed by atoms with van der Waals surface area (Å²) in [6, 6.07) is 10.7. The lowest BCUT2D eigenvalue weighted by molar-refractivity contribution is -0.256. The molecule has 0 N–H and O–H groups in total. The Balaban J connectivity index is 1.55. The second-order valence-corrected chi connectivity index (χ2v) is 7.97. The lowest BCUT2D eigenvalue weighted by Crippen LogP contribution is -2.48. The van der Waals surface area contributed by atoms with Crippen LogP contribution >= 0.6 is 39.1 Å². The molecule has 0 atom stereocenters. The van der Waals surface area contributed by atoms with Crippen molar-refractivity contribution in [2.75, 3.05) is 31.3 Å². The van der Waals surface area contributed by atoms with E-state index < -0.39 is 5.79 Å². The van der Waals surface area contributed by atoms with Crippen molar-refractivity contribution in [1.82, 2.24) is 0 Å². The van der Waals surface area contributed by atoms with E-state index in [9.17, 15) is 4.79 Å². The molecule has 0 aromatic heterocycles. The van der Waals surface area contributed by atoms with Crippen LogP contribution in [0.3, 0.4) is 0 Å². The molecule has 5 nitrogen and oxygen atoms in total. The maximum atomic E-state index is 13.2. The van der Waals surface area contributed by atoms with Crippen molar-refractivity contribution in [1.29, 1.82) is 0 Å². The Morgan fingerprint density at radius 3 is 2.67 bits per heavy atom. The number of hydrogen-bond acceptors (Lipinski definition) is 4. The van der Waals surface area contributed by atoms with Gasteiger partial charge in [0, 0.05) is 15.1 Å². The summed E-state index contributed by atoms with van der Waals surface area (Å²) in [7, 11) is 0. The normalized spacial score (nSPS) is 18.0. The Labute approximate surface area is 175 Å². The third-order valence-electron chi connectivity index (χ3n) is 4.50. The molecule has 8 heteroatoms. The molecule has 4 rings (SSSR count). The summed E-state index contributed by atoms with van der Waals surface area (Å²) < 4.78 is 18.3. The quantitative estimate of drug-likeness (QED) is 0.642. The van der Waals surface area contributed by atoms with E-state index in [-0.39, 0.29) is 12.5 Å². The summed E-state index contributed by atoms with van der Waals surface area (Å²) in [5.41, 5.74) is 1.47. The predicted octanol–water partition coefficient (Wildman–Crippen LogP) is 4.77. The molecule has 27 heavy (non-hydrogen) atoms. The van der Waals surface area contributed by atoms with Gasteiger partial charge in [-0.15, -0.1) is 0 Å². The number of nitrogens with zero attached hydrogens (tertiary/aromatic N) is 1. The van der Waals surface area contributed by atoms with Crippen LogP contribution in [0.2, 0.25) is 10.0 Å². The predicted molar refractivity (Wildman–Crippen MR) is 107 cm³/mol. The number of rotatable bonds is 4. The van der Waals surface area contributed by atoms with Crippen molar-refractivity contribution < 1.29 is 19.0 Å². The number of carbonyl (C=O) groups is 1. The van der Waals surface area contributed by atoms with Gasteiger partial charge in [0.2, 0.25) is 0 Å². The molecule has 2 aliphatic rings. The first-order valence-corrected chi connectivity index (χ1v) is 10.0. The molecule has 2 aromatic rings. The molecule has 0 aliphatic carbocycles. The van der Waals surface area contributed by atoms with Gasteiger partial charge in [-0.2, -0.15) is 0 Å². The van der Waals surface area contributed by atoms with Crippen LogP contribution in [0, 0.1) is 0 Å². The monoisotopic (exact) mass is 471 g/mol. The minimum atomic E-state index is -1.37. The van der Waals surface area contributed by atoms with Crippen LogP contribution in [0.25, 0.3) is 0 Å². The summed E-state index contributed by atoms with van der Waals surface area (Å²) in [5, 5.41) is 0.963. The summed E-state index contributed by atoms with van der Waals surface area (Å²) in [4.78, 5) is 14.8. The van der Waals surface area contributed by atoms with Crippen molar-refractivity contribution in [3.8, 4) is 5.75 Å². The van der Waals surface area contributed by atoms with Gasteiger partial charge < -0.3 is 19.1 Å². The Kier molecular flexibility index (Phi) is 5.36. The molecule has 0 bridgehead atoms. The first-order chi connectivity index (χ1) is 13.0. The SMILES string of the molecule is O=C1N(CCOc2ccc(Cl)cc2Cl)c2ccc(Br)cc2C12OCCCO2. The zero-order valence-electron chi connectivity index (χ0n) is 14.2. The number of hydrogen-bond donors (Lipinski definition) is 0. The second kappa shape index (κ2) is 7.60. The fourth-order valence-corrected chi connectivity index (χ4v) is 4.11. The zero-order chi connectivity index (χ0) is 19.0. The van der Waals surface area contributed by atoms with E-state index in [2.05, 4.69) is 15.9 Å².